The molecule has 0 saturated carbocycles. The lowest BCUT2D eigenvalue weighted by atomic mass is 9.73. The van der Waals surface area contributed by atoms with Gasteiger partial charge in [-0.15, -0.1) is 0 Å². The molecule has 2 fully saturated rings. The molecule has 0 unspecified atom stereocenters. The van der Waals surface area contributed by atoms with Crippen LogP contribution in [0, 0.1) is 0 Å². The monoisotopic (exact) mass is 615 g/mol. The van der Waals surface area contributed by atoms with E-state index in [-0.39, 0.29) is 30.0 Å². The number of aromatic nitrogens is 3. The van der Waals surface area contributed by atoms with Gasteiger partial charge in [0.15, 0.2) is 17.3 Å². The predicted octanol–water partition coefficient (Wildman–Crippen LogP) is 5.58. The van der Waals surface area contributed by atoms with Crippen LogP contribution in [0.3, 0.4) is 0 Å². The van der Waals surface area contributed by atoms with E-state index in [1.807, 2.05) is 65.3 Å². The Balaban J connectivity index is 1.06. The summed E-state index contributed by atoms with van der Waals surface area (Å²) >= 11 is 6.11. The highest BCUT2D eigenvalue weighted by Gasteiger charge is 2.36. The van der Waals surface area contributed by atoms with Gasteiger partial charge in [-0.05, 0) is 75.0 Å². The number of ketones is 1. The summed E-state index contributed by atoms with van der Waals surface area (Å²) in [4.78, 5) is 22.5. The Morgan fingerprint density at radius 3 is 2.41 bits per heavy atom. The van der Waals surface area contributed by atoms with Crippen LogP contribution in [0.5, 0.6) is 0 Å². The number of halogens is 1. The van der Waals surface area contributed by atoms with Crippen LogP contribution in [0.4, 0.5) is 5.69 Å². The number of carbonyl (C=O) groups excluding carboxylic acids is 1. The largest absolute Gasteiger partial charge is 0.395 e. The van der Waals surface area contributed by atoms with Gasteiger partial charge in [0.05, 0.1) is 24.5 Å². The summed E-state index contributed by atoms with van der Waals surface area (Å²) in [5, 5.41) is 15.9. The van der Waals surface area contributed by atoms with Crippen molar-refractivity contribution >= 4 is 28.7 Å². The van der Waals surface area contributed by atoms with Gasteiger partial charge in [-0.3, -0.25) is 9.69 Å². The molecule has 2 saturated heterocycles. The van der Waals surface area contributed by atoms with Crippen LogP contribution in [0.25, 0.3) is 5.65 Å². The molecule has 0 aliphatic carbocycles. The van der Waals surface area contributed by atoms with Gasteiger partial charge < -0.3 is 14.7 Å². The van der Waals surface area contributed by atoms with Crippen molar-refractivity contribution in [2.45, 2.75) is 63.6 Å². The van der Waals surface area contributed by atoms with Crippen LogP contribution < -0.4 is 4.90 Å². The number of ether oxygens (including phenoxy) is 1. The third kappa shape index (κ3) is 6.84. The van der Waals surface area contributed by atoms with E-state index in [0.717, 1.165) is 85.8 Å². The minimum absolute atomic E-state index is 0.110. The first kappa shape index (κ1) is 30.7. The molecule has 0 bridgehead atoms. The molecule has 2 aromatic heterocycles. The van der Waals surface area contributed by atoms with E-state index in [9.17, 15) is 9.90 Å². The molecule has 0 amide bonds. The van der Waals surface area contributed by atoms with E-state index >= 15 is 0 Å². The van der Waals surface area contributed by atoms with Gasteiger partial charge in [-0.2, -0.15) is 5.10 Å². The van der Waals surface area contributed by atoms with Crippen molar-refractivity contribution in [2.75, 3.05) is 44.2 Å². The van der Waals surface area contributed by atoms with Gasteiger partial charge in [0.2, 0.25) is 0 Å². The predicted molar refractivity (Wildman–Crippen MR) is 174 cm³/mol. The minimum Gasteiger partial charge on any atom is -0.395 e. The molecule has 2 aromatic carbocycles. The number of rotatable bonds is 10. The minimum atomic E-state index is -0.265. The summed E-state index contributed by atoms with van der Waals surface area (Å²) in [6.07, 6.45) is 6.09. The van der Waals surface area contributed by atoms with Crippen molar-refractivity contribution in [1.29, 1.82) is 0 Å². The average Bonchev–Trinajstić information content (AvgIpc) is 3.44. The third-order valence-corrected chi connectivity index (χ3v) is 9.47. The molecule has 8 nitrogen and oxygen atoms in total. The zero-order chi connectivity index (χ0) is 30.7. The Kier molecular flexibility index (Phi) is 9.33. The van der Waals surface area contributed by atoms with Gasteiger partial charge in [0.25, 0.3) is 0 Å². The number of hydrogen-bond acceptors (Lipinski definition) is 7. The number of aliphatic hydroxyl groups excluding tert-OH is 1. The number of Topliss-reactive ketones (excluding diaryl/α,β-unsaturated/α-hetero) is 1. The van der Waals surface area contributed by atoms with Crippen LogP contribution in [0.15, 0.2) is 66.9 Å². The quantitative estimate of drug-likeness (QED) is 0.233. The molecular weight excluding hydrogens is 574 g/mol. The lowest BCUT2D eigenvalue weighted by Crippen LogP contribution is -2.45. The Hall–Kier alpha value is -3.30. The van der Waals surface area contributed by atoms with E-state index in [2.05, 4.69) is 29.7 Å². The molecule has 0 radical (unpaired) electrons. The topological polar surface area (TPSA) is 83.2 Å². The molecule has 0 spiro atoms. The number of aliphatic hydroxyl groups is 1. The summed E-state index contributed by atoms with van der Waals surface area (Å²) in [6, 6.07) is 19.9. The second-order valence-electron chi connectivity index (χ2n) is 12.5. The number of pyridine rings is 1. The summed E-state index contributed by atoms with van der Waals surface area (Å²) < 4.78 is 7.67. The van der Waals surface area contributed by atoms with Gasteiger partial charge in [-0.25, -0.2) is 9.50 Å². The van der Waals surface area contributed by atoms with Crippen molar-refractivity contribution in [3.63, 3.8) is 0 Å². The van der Waals surface area contributed by atoms with E-state index < -0.39 is 0 Å². The fourth-order valence-electron chi connectivity index (χ4n) is 6.84. The summed E-state index contributed by atoms with van der Waals surface area (Å²) in [7, 11) is 0. The zero-order valence-corrected chi connectivity index (χ0v) is 26.4. The average molecular weight is 616 g/mol. The van der Waals surface area contributed by atoms with Crippen LogP contribution in [-0.4, -0.2) is 81.9 Å². The third-order valence-electron chi connectivity index (χ3n) is 9.22. The maximum absolute atomic E-state index is 12.8. The molecular formula is C35H42ClN5O3. The van der Waals surface area contributed by atoms with Crippen LogP contribution in [-0.2, 0) is 16.6 Å². The molecule has 2 aliphatic rings. The maximum atomic E-state index is 12.8. The standard InChI is InChI=1S/C35H42ClN5O3/c1-25-22-39(23-26(2)44-25)17-4-6-32(43)28-9-7-27(8-10-28)21-33-37-34-31(5-3-18-41(34)38-33)40-19-15-35(24-42,16-20-40)29-11-13-30(36)14-12-29/h3,5,7-14,18,25-26,42H,4,6,15-17,19-24H2,1-2H3/t25-,26-/m0/s1. The number of nitrogens with zero attached hydrogens (tertiary/aromatic N) is 5. The molecule has 9 heteroatoms. The summed E-state index contributed by atoms with van der Waals surface area (Å²) in [5.41, 5.74) is 4.59. The second kappa shape index (κ2) is 13.4. The fourth-order valence-corrected chi connectivity index (χ4v) is 6.97. The summed E-state index contributed by atoms with van der Waals surface area (Å²) in [5.74, 6) is 0.928. The van der Waals surface area contributed by atoms with Crippen molar-refractivity contribution in [2.24, 2.45) is 0 Å². The smallest absolute Gasteiger partial charge is 0.178 e. The molecule has 1 N–H and O–H groups in total. The molecule has 2 atom stereocenters. The highest BCUT2D eigenvalue weighted by Crippen LogP contribution is 2.37. The fraction of sp³-hybridized carbons (Fsp3) is 0.457. The maximum Gasteiger partial charge on any atom is 0.178 e. The number of fused-ring (bicyclic) bond motifs is 1. The molecule has 4 aromatic rings. The van der Waals surface area contributed by atoms with Crippen LogP contribution in [0.1, 0.15) is 66.8 Å². The number of piperidine rings is 1. The molecule has 232 valence electrons. The number of hydrogen-bond donors (Lipinski definition) is 1. The first-order chi connectivity index (χ1) is 21.3. The number of carbonyl (C=O) groups is 1. The van der Waals surface area contributed by atoms with E-state index in [1.54, 1.807) is 0 Å². The van der Waals surface area contributed by atoms with Crippen molar-refractivity contribution in [3.05, 3.63) is 94.4 Å². The van der Waals surface area contributed by atoms with E-state index in [4.69, 9.17) is 26.4 Å². The first-order valence-electron chi connectivity index (χ1n) is 15.8. The van der Waals surface area contributed by atoms with Gasteiger partial charge in [0, 0.05) is 61.2 Å². The summed E-state index contributed by atoms with van der Waals surface area (Å²) in [6.45, 7) is 8.73. The Morgan fingerprint density at radius 2 is 1.73 bits per heavy atom. The van der Waals surface area contributed by atoms with Gasteiger partial charge >= 0.3 is 0 Å². The Morgan fingerprint density at radius 1 is 1.02 bits per heavy atom. The van der Waals surface area contributed by atoms with E-state index in [1.165, 1.54) is 0 Å². The van der Waals surface area contributed by atoms with Crippen LogP contribution in [0.2, 0.25) is 5.02 Å². The van der Waals surface area contributed by atoms with Crippen LogP contribution >= 0.6 is 11.6 Å². The normalized spacial score (nSPS) is 20.7. The molecule has 2 aliphatic heterocycles. The lowest BCUT2D eigenvalue weighted by Gasteiger charge is -2.42. The van der Waals surface area contributed by atoms with Gasteiger partial charge in [-0.1, -0.05) is 48.0 Å². The molecule has 6 rings (SSSR count). The van der Waals surface area contributed by atoms with Crippen molar-refractivity contribution in [3.8, 4) is 0 Å². The highest BCUT2D eigenvalue weighted by molar-refractivity contribution is 6.30. The Labute approximate surface area is 264 Å². The lowest BCUT2D eigenvalue weighted by molar-refractivity contribution is -0.0680. The van der Waals surface area contributed by atoms with Gasteiger partial charge in [0.1, 0.15) is 0 Å². The Bertz CT molecular complexity index is 1550. The SMILES string of the molecule is C[C@H]1CN(CCCC(=O)c2ccc(Cc3nc4c(N5CCC(CO)(c6ccc(Cl)cc6)CC5)cccn4n3)cc2)C[C@H](C)O1. The highest BCUT2D eigenvalue weighted by atomic mass is 35.5. The first-order valence-corrected chi connectivity index (χ1v) is 16.2. The van der Waals surface area contributed by atoms with E-state index in [0.29, 0.717) is 17.9 Å². The van der Waals surface area contributed by atoms with Crippen molar-refractivity contribution in [1.82, 2.24) is 19.5 Å². The zero-order valence-electron chi connectivity index (χ0n) is 25.7. The molecule has 44 heavy (non-hydrogen) atoms. The molecule has 4 heterocycles. The number of morpholine rings is 1. The number of benzene rings is 2. The van der Waals surface area contributed by atoms with Crippen molar-refractivity contribution < 1.29 is 14.6 Å². The second-order valence-corrected chi connectivity index (χ2v) is 13.0. The number of anilines is 1.